The van der Waals surface area contributed by atoms with Crippen molar-refractivity contribution >= 4 is 140 Å². The van der Waals surface area contributed by atoms with E-state index >= 15 is 0 Å². The van der Waals surface area contributed by atoms with Gasteiger partial charge in [0, 0.05) is 51.3 Å². The Morgan fingerprint density at radius 2 is 1.26 bits per heavy atom. The van der Waals surface area contributed by atoms with Crippen LogP contribution in [-0.2, 0) is 39.3 Å². The fourth-order valence-corrected chi connectivity index (χ4v) is 11.3. The standard InChI is InChI=1S/C28H17Cl2FN6S.C27H15Cl2FN4S.C6H11N3O2.2CH4.CH3.Cu.H/c29-21-11-18(2-3-23(21)31)36-27-17(12-32)13-33-28-20(27)8-15(9-22(28)30)7-19(24-5-6-35-37-24)16-1-4-25-26(10-16)38-14-34-25;1-2-16(17-3-6-24-25(10-17)35-14-33-24)7-15-8-20-26(34-19-4-5-23(30)21(28)11-19)18(12-31)13-32-27(20)22(29)9-15;1-6(2,3)5(10)11-4-8-9-7;;;;;/h1-5,8-11,13-14,19H,6-7H2,(H,33,36);1,3-6,8-11,13-14,16H,7H2,(H,32,34);4H2,1-3H3;2*1H4;1H3;;/q;;;;;-1;+1;/t19-;16-;;;;;;/m00....../s1/i;;;;;;;1+2. The van der Waals surface area contributed by atoms with Gasteiger partial charge in [0.25, 0.3) is 0 Å². The molecule has 0 saturated carbocycles. The van der Waals surface area contributed by atoms with Gasteiger partial charge in [0.05, 0.1) is 103 Å². The Bertz CT molecular complexity index is 4460. The third kappa shape index (κ3) is 16.7. The minimum absolute atomic E-state index is 0. The Morgan fingerprint density at radius 3 is 1.72 bits per heavy atom. The van der Waals surface area contributed by atoms with E-state index in [0.717, 1.165) is 48.4 Å². The second kappa shape index (κ2) is 31.6. The number of azo groups is 1. The number of pyridine rings is 2. The summed E-state index contributed by atoms with van der Waals surface area (Å²) < 4.78 is 39.5. The summed E-state index contributed by atoms with van der Waals surface area (Å²) in [6.07, 6.45) is 12.0. The Morgan fingerprint density at radius 1 is 0.761 bits per heavy atom. The number of ether oxygens (including phenoxy) is 1. The van der Waals surface area contributed by atoms with Gasteiger partial charge in [-0.1, -0.05) is 84.4 Å². The van der Waals surface area contributed by atoms with Crippen LogP contribution in [0.2, 0.25) is 20.1 Å². The molecule has 24 heteroatoms. The van der Waals surface area contributed by atoms with E-state index in [-0.39, 0.29) is 56.9 Å². The van der Waals surface area contributed by atoms with Gasteiger partial charge in [-0.2, -0.15) is 20.8 Å². The smallest absolute Gasteiger partial charge is 0.358 e. The minimum atomic E-state index is -0.537. The molecule has 6 aromatic carbocycles. The molecule has 453 valence electrons. The maximum absolute atomic E-state index is 13.7. The number of esters is 1. The number of anilines is 4. The van der Waals surface area contributed by atoms with Crippen molar-refractivity contribution in [2.75, 3.05) is 23.9 Å². The van der Waals surface area contributed by atoms with Crippen LogP contribution in [-0.4, -0.2) is 40.1 Å². The van der Waals surface area contributed by atoms with Crippen LogP contribution >= 0.6 is 69.1 Å². The van der Waals surface area contributed by atoms with E-state index in [2.05, 4.69) is 109 Å². The summed E-state index contributed by atoms with van der Waals surface area (Å²) >= 11 is 31.9. The molecular formula is C64H55Cl4CuF2N13O2S2. The number of benzene rings is 6. The molecule has 2 N–H and O–H groups in total. The van der Waals surface area contributed by atoms with Crippen molar-refractivity contribution in [1.82, 2.24) is 19.9 Å². The van der Waals surface area contributed by atoms with Crippen LogP contribution < -0.4 is 10.6 Å². The van der Waals surface area contributed by atoms with Gasteiger partial charge in [0.1, 0.15) is 23.8 Å². The molecule has 2 atom stereocenters. The number of thiazole rings is 2. The topological polar surface area (TPSA) is 223 Å². The van der Waals surface area contributed by atoms with E-state index in [1.165, 1.54) is 36.7 Å². The maximum Gasteiger partial charge on any atom is -0.358 e. The summed E-state index contributed by atoms with van der Waals surface area (Å²) in [6.45, 7) is 5.51. The fraction of sp³-hybridized carbons (Fsp3) is 0.188. The van der Waals surface area contributed by atoms with Crippen LogP contribution in [0.1, 0.15) is 80.8 Å². The molecule has 15 nitrogen and oxygen atoms in total. The quantitative estimate of drug-likeness (QED) is 0.0211. The predicted molar refractivity (Wildman–Crippen MR) is 352 cm³/mol. The number of allylic oxidation sites excluding steroid dienone is 1. The van der Waals surface area contributed by atoms with Crippen LogP contribution in [0.3, 0.4) is 0 Å². The molecular weight excluding hydrogens is 1290 g/mol. The van der Waals surface area contributed by atoms with Gasteiger partial charge in [-0.05, 0) is 152 Å². The number of azide groups is 1. The van der Waals surface area contributed by atoms with Crippen molar-refractivity contribution in [3.63, 3.8) is 0 Å². The molecule has 11 rings (SSSR count). The number of terminal acetylenes is 1. The van der Waals surface area contributed by atoms with Crippen LogP contribution in [0.4, 0.5) is 31.5 Å². The number of carbonyl (C=O) groups is 1. The summed E-state index contributed by atoms with van der Waals surface area (Å²) in [4.78, 5) is 30.9. The third-order valence-corrected chi connectivity index (χ3v) is 15.8. The largest absolute Gasteiger partial charge is 0.358 e. The van der Waals surface area contributed by atoms with E-state index in [4.69, 9.17) is 59.3 Å². The molecule has 0 saturated heterocycles. The van der Waals surface area contributed by atoms with Gasteiger partial charge in [-0.15, -0.1) is 29.1 Å². The number of carbonyl (C=O) groups excluding carboxylic acids is 1. The summed E-state index contributed by atoms with van der Waals surface area (Å²) in [6, 6.07) is 32.8. The molecule has 0 bridgehead atoms. The molecule has 88 heavy (non-hydrogen) atoms. The number of hydrogen-bond acceptors (Lipinski definition) is 15. The van der Waals surface area contributed by atoms with E-state index in [1.807, 2.05) is 59.6 Å². The first-order valence-corrected chi connectivity index (χ1v) is 28.6. The van der Waals surface area contributed by atoms with Gasteiger partial charge >= 0.3 is 23.9 Å². The van der Waals surface area contributed by atoms with Gasteiger partial charge in [-0.3, -0.25) is 14.8 Å². The molecule has 0 aliphatic carbocycles. The number of halogens is 6. The minimum Gasteiger partial charge on any atom is -0.358 e. The predicted octanol–water partition coefficient (Wildman–Crippen LogP) is 19.7. The Balaban J connectivity index is 0.000000264. The Hall–Kier alpha value is -8.28. The Kier molecular flexibility index (Phi) is 24.7. The van der Waals surface area contributed by atoms with Crippen molar-refractivity contribution in [2.45, 2.75) is 60.3 Å². The molecule has 1 aliphatic heterocycles. The first-order valence-electron chi connectivity index (χ1n) is 25.6. The van der Waals surface area contributed by atoms with Crippen molar-refractivity contribution < 1.29 is 35.2 Å². The second-order valence-electron chi connectivity index (χ2n) is 19.7. The monoisotopic (exact) mass is 1340 g/mol. The number of nitriles is 2. The molecule has 1 aliphatic rings. The zero-order valence-corrected chi connectivity index (χ0v) is 51.4. The maximum atomic E-state index is 13.7. The molecule has 0 unspecified atom stereocenters. The normalized spacial score (nSPS) is 11.9. The molecule has 0 spiro atoms. The molecule has 0 radical (unpaired) electrons. The first kappa shape index (κ1) is 68.8. The fourth-order valence-electron chi connectivity index (χ4n) is 8.90. The first-order chi connectivity index (χ1) is 41.4. The summed E-state index contributed by atoms with van der Waals surface area (Å²) in [5, 5.41) is 39.8. The second-order valence-corrected chi connectivity index (χ2v) is 23.1. The number of nitrogens with one attached hydrogen (secondary N) is 2. The van der Waals surface area contributed by atoms with E-state index in [1.54, 1.807) is 55.6 Å². The molecule has 4 aromatic heterocycles. The number of aromatic nitrogens is 4. The van der Waals surface area contributed by atoms with Crippen molar-refractivity contribution in [2.24, 2.45) is 20.8 Å². The van der Waals surface area contributed by atoms with Crippen LogP contribution in [0.25, 0.3) is 52.7 Å². The Labute approximate surface area is 547 Å². The zero-order chi connectivity index (χ0) is 61.7. The van der Waals surface area contributed by atoms with Gasteiger partial charge < -0.3 is 22.8 Å². The SMILES string of the molecule is C.C.C#C[C@@H](Cc1cc(Cl)c2ncc(C#N)c(Nc3ccc(F)c(Cl)c3)c2c1)c1ccc2ncsc2c1.CC(C)(C)C(=O)OCN=[N+]=[N-].N#Cc1cnc2c(Cl)cc(C[C@H](C3=CCN=N3)c3ccc4ncsc4c3)cc2c1Nc1ccc(F)c(Cl)c1.[3H][Cu+].[CH3-]. The van der Waals surface area contributed by atoms with Crippen molar-refractivity contribution in [3.05, 3.63) is 215 Å². The van der Waals surface area contributed by atoms with Crippen molar-refractivity contribution in [3.8, 4) is 24.5 Å². The summed E-state index contributed by atoms with van der Waals surface area (Å²) in [7, 11) is 0. The van der Waals surface area contributed by atoms with E-state index < -0.39 is 17.0 Å². The number of hydrogen-bond donors (Lipinski definition) is 2. The molecule has 5 heterocycles. The van der Waals surface area contributed by atoms with Crippen molar-refractivity contribution in [1.29, 1.82) is 11.5 Å². The average molecular weight is 1350 g/mol. The van der Waals surface area contributed by atoms with Crippen LogP contribution in [0.5, 0.6) is 0 Å². The molecule has 10 aromatic rings. The van der Waals surface area contributed by atoms with Gasteiger partial charge in [0.15, 0.2) is 6.73 Å². The third-order valence-electron chi connectivity index (χ3n) is 13.0. The number of nitrogens with zero attached hydrogens (tertiary/aromatic N) is 11. The van der Waals surface area contributed by atoms with Gasteiger partial charge in [-0.25, -0.2) is 18.7 Å². The zero-order valence-electron chi connectivity index (χ0n) is 46.8. The average Bonchev–Trinajstić information content (AvgIpc) is 1.53. The molecule has 0 fully saturated rings. The summed E-state index contributed by atoms with van der Waals surface area (Å²) in [5.74, 6) is 1.22. The van der Waals surface area contributed by atoms with Crippen LogP contribution in [0.15, 0.2) is 148 Å². The van der Waals surface area contributed by atoms with Gasteiger partial charge in [0.2, 0.25) is 0 Å². The number of rotatable bonds is 13. The van der Waals surface area contributed by atoms with Crippen LogP contribution in [0, 0.1) is 59.5 Å². The van der Waals surface area contributed by atoms with E-state index in [9.17, 15) is 24.1 Å². The molecule has 0 amide bonds. The summed E-state index contributed by atoms with van der Waals surface area (Å²) in [5.41, 5.74) is 21.5. The van der Waals surface area contributed by atoms with E-state index in [0.29, 0.717) is 85.1 Å². The number of fused-ring (bicyclic) bond motifs is 4.